The Labute approximate surface area is 131 Å². The van der Waals surface area contributed by atoms with Crippen LogP contribution < -0.4 is 5.73 Å². The average Bonchev–Trinajstić information content (AvgIpc) is 2.49. The largest absolute Gasteiger partial charge is 0.320 e. The molecule has 0 spiro atoms. The molecule has 3 rings (SSSR count). The Hall–Kier alpha value is -1.71. The highest BCUT2D eigenvalue weighted by Gasteiger charge is 2.18. The Morgan fingerprint density at radius 2 is 1.76 bits per heavy atom. The van der Waals surface area contributed by atoms with E-state index in [1.165, 1.54) is 6.07 Å². The zero-order valence-corrected chi connectivity index (χ0v) is 13.2. The topological polar surface area (TPSA) is 26.0 Å². The summed E-state index contributed by atoms with van der Waals surface area (Å²) in [5, 5.41) is 2.25. The number of aryl methyl sites for hydroxylation is 1. The second kappa shape index (κ2) is 5.58. The van der Waals surface area contributed by atoms with Crippen molar-refractivity contribution < 1.29 is 4.39 Å². The van der Waals surface area contributed by atoms with Crippen molar-refractivity contribution in [1.29, 1.82) is 0 Å². The van der Waals surface area contributed by atoms with E-state index in [4.69, 9.17) is 5.73 Å². The van der Waals surface area contributed by atoms with E-state index in [-0.39, 0.29) is 11.9 Å². The summed E-state index contributed by atoms with van der Waals surface area (Å²) in [6.45, 7) is 2.04. The minimum atomic E-state index is -0.374. The van der Waals surface area contributed by atoms with Gasteiger partial charge in [0.1, 0.15) is 5.82 Å². The highest BCUT2D eigenvalue weighted by atomic mass is 79.9. The number of nitrogens with two attached hydrogens (primary N) is 1. The van der Waals surface area contributed by atoms with Crippen LogP contribution in [0, 0.1) is 12.7 Å². The van der Waals surface area contributed by atoms with Crippen molar-refractivity contribution in [3.05, 3.63) is 81.6 Å². The highest BCUT2D eigenvalue weighted by molar-refractivity contribution is 9.10. The lowest BCUT2D eigenvalue weighted by atomic mass is 9.91. The van der Waals surface area contributed by atoms with E-state index in [0.717, 1.165) is 27.5 Å². The van der Waals surface area contributed by atoms with Crippen molar-refractivity contribution in [2.75, 3.05) is 0 Å². The molecule has 21 heavy (non-hydrogen) atoms. The molecule has 0 aromatic heterocycles. The van der Waals surface area contributed by atoms with E-state index in [0.29, 0.717) is 4.47 Å². The molecule has 0 saturated carbocycles. The van der Waals surface area contributed by atoms with Crippen LogP contribution in [0.5, 0.6) is 0 Å². The molecule has 3 aromatic carbocycles. The van der Waals surface area contributed by atoms with Crippen molar-refractivity contribution in [2.24, 2.45) is 5.73 Å². The molecule has 0 saturated heterocycles. The molecule has 2 N–H and O–H groups in total. The molecule has 1 atom stereocenters. The predicted octanol–water partition coefficient (Wildman–Crippen LogP) is 5.10. The molecule has 0 aliphatic heterocycles. The summed E-state index contributed by atoms with van der Waals surface area (Å²) in [6, 6.07) is 16.9. The second-order valence-corrected chi connectivity index (χ2v) is 5.93. The minimum Gasteiger partial charge on any atom is -0.320 e. The first-order valence-corrected chi connectivity index (χ1v) is 7.56. The summed E-state index contributed by atoms with van der Waals surface area (Å²) < 4.78 is 14.2. The van der Waals surface area contributed by atoms with Crippen molar-refractivity contribution in [3.63, 3.8) is 0 Å². The van der Waals surface area contributed by atoms with E-state index in [1.807, 2.05) is 25.1 Å². The van der Waals surface area contributed by atoms with Crippen LogP contribution in [0.2, 0.25) is 0 Å². The molecule has 0 aliphatic rings. The van der Waals surface area contributed by atoms with Crippen LogP contribution in [0.4, 0.5) is 4.39 Å². The van der Waals surface area contributed by atoms with Gasteiger partial charge in [-0.15, -0.1) is 0 Å². The third kappa shape index (κ3) is 2.47. The van der Waals surface area contributed by atoms with Crippen LogP contribution in [-0.4, -0.2) is 0 Å². The van der Waals surface area contributed by atoms with Gasteiger partial charge in [-0.25, -0.2) is 4.39 Å². The maximum atomic E-state index is 13.8. The number of benzene rings is 3. The summed E-state index contributed by atoms with van der Waals surface area (Å²) in [6.07, 6.45) is 0. The van der Waals surface area contributed by atoms with Gasteiger partial charge in [0.15, 0.2) is 0 Å². The van der Waals surface area contributed by atoms with Crippen LogP contribution in [0.3, 0.4) is 0 Å². The maximum absolute atomic E-state index is 13.8. The van der Waals surface area contributed by atoms with Gasteiger partial charge in [0.2, 0.25) is 0 Å². The quantitative estimate of drug-likeness (QED) is 0.688. The zero-order valence-electron chi connectivity index (χ0n) is 11.6. The summed E-state index contributed by atoms with van der Waals surface area (Å²) in [5.74, 6) is -0.291. The average molecular weight is 344 g/mol. The van der Waals surface area contributed by atoms with Gasteiger partial charge in [-0.3, -0.25) is 0 Å². The number of rotatable bonds is 2. The van der Waals surface area contributed by atoms with Crippen molar-refractivity contribution >= 4 is 26.7 Å². The summed E-state index contributed by atoms with van der Waals surface area (Å²) in [5.41, 5.74) is 9.36. The molecular formula is C18H15BrFN. The molecular weight excluding hydrogens is 329 g/mol. The molecule has 3 heteroatoms. The summed E-state index contributed by atoms with van der Waals surface area (Å²) >= 11 is 3.31. The minimum absolute atomic E-state index is 0.291. The second-order valence-electron chi connectivity index (χ2n) is 5.14. The molecule has 0 bridgehead atoms. The molecule has 0 amide bonds. The standard InChI is InChI=1S/C18H15BrFN/c1-11-9-10-12-5-2-3-6-13(12)16(11)18(21)14-7-4-8-15(20)17(14)19/h2-10,18H,21H2,1H3. The smallest absolute Gasteiger partial charge is 0.137 e. The fourth-order valence-corrected chi connectivity index (χ4v) is 3.24. The SMILES string of the molecule is Cc1ccc2ccccc2c1C(N)c1cccc(F)c1Br. The Balaban J connectivity index is 2.24. The fourth-order valence-electron chi connectivity index (χ4n) is 2.73. The molecule has 1 unspecified atom stereocenters. The summed E-state index contributed by atoms with van der Waals surface area (Å²) in [4.78, 5) is 0. The number of halogens is 2. The molecule has 0 radical (unpaired) electrons. The van der Waals surface area contributed by atoms with Crippen LogP contribution in [0.1, 0.15) is 22.7 Å². The Bertz CT molecular complexity index is 813. The predicted molar refractivity (Wildman–Crippen MR) is 88.8 cm³/mol. The third-order valence-electron chi connectivity index (χ3n) is 3.82. The first kappa shape index (κ1) is 14.2. The lowest BCUT2D eigenvalue weighted by Gasteiger charge is -2.19. The van der Waals surface area contributed by atoms with Gasteiger partial charge in [0.05, 0.1) is 10.5 Å². The van der Waals surface area contributed by atoms with E-state index in [9.17, 15) is 4.39 Å². The number of hydrogen-bond donors (Lipinski definition) is 1. The lowest BCUT2D eigenvalue weighted by molar-refractivity contribution is 0.616. The Morgan fingerprint density at radius 1 is 1.00 bits per heavy atom. The van der Waals surface area contributed by atoms with Gasteiger partial charge in [-0.1, -0.05) is 48.5 Å². The third-order valence-corrected chi connectivity index (χ3v) is 4.65. The van der Waals surface area contributed by atoms with Crippen molar-refractivity contribution in [1.82, 2.24) is 0 Å². The molecule has 0 heterocycles. The monoisotopic (exact) mass is 343 g/mol. The molecule has 0 fully saturated rings. The van der Waals surface area contributed by atoms with E-state index >= 15 is 0 Å². The molecule has 0 aliphatic carbocycles. The van der Waals surface area contributed by atoms with Crippen LogP contribution in [-0.2, 0) is 0 Å². The van der Waals surface area contributed by atoms with Gasteiger partial charge in [0.25, 0.3) is 0 Å². The fraction of sp³-hybridized carbons (Fsp3) is 0.111. The lowest BCUT2D eigenvalue weighted by Crippen LogP contribution is -2.15. The first-order chi connectivity index (χ1) is 10.1. The van der Waals surface area contributed by atoms with E-state index < -0.39 is 0 Å². The van der Waals surface area contributed by atoms with Crippen LogP contribution in [0.15, 0.2) is 59.1 Å². The van der Waals surface area contributed by atoms with Crippen molar-refractivity contribution in [2.45, 2.75) is 13.0 Å². The van der Waals surface area contributed by atoms with Gasteiger partial charge < -0.3 is 5.73 Å². The highest BCUT2D eigenvalue weighted by Crippen LogP contribution is 2.34. The summed E-state index contributed by atoms with van der Waals surface area (Å²) in [7, 11) is 0. The normalized spacial score (nSPS) is 12.6. The van der Waals surface area contributed by atoms with Crippen LogP contribution >= 0.6 is 15.9 Å². The Kier molecular flexibility index (Phi) is 3.79. The number of hydrogen-bond acceptors (Lipinski definition) is 1. The van der Waals surface area contributed by atoms with Gasteiger partial charge in [0, 0.05) is 0 Å². The first-order valence-electron chi connectivity index (χ1n) is 6.77. The van der Waals surface area contributed by atoms with Gasteiger partial charge in [-0.05, 0) is 56.4 Å². The number of fused-ring (bicyclic) bond motifs is 1. The molecule has 106 valence electrons. The van der Waals surface area contributed by atoms with E-state index in [2.05, 4.69) is 40.2 Å². The zero-order chi connectivity index (χ0) is 15.0. The van der Waals surface area contributed by atoms with Crippen LogP contribution in [0.25, 0.3) is 10.8 Å². The molecule has 1 nitrogen and oxygen atoms in total. The van der Waals surface area contributed by atoms with Gasteiger partial charge in [-0.2, -0.15) is 0 Å². The van der Waals surface area contributed by atoms with E-state index in [1.54, 1.807) is 6.07 Å². The van der Waals surface area contributed by atoms with Crippen molar-refractivity contribution in [3.8, 4) is 0 Å². The Morgan fingerprint density at radius 3 is 2.57 bits per heavy atom. The van der Waals surface area contributed by atoms with Gasteiger partial charge >= 0.3 is 0 Å². The molecule has 3 aromatic rings. The maximum Gasteiger partial charge on any atom is 0.137 e.